The van der Waals surface area contributed by atoms with Crippen LogP contribution < -0.4 is 10.1 Å². The van der Waals surface area contributed by atoms with Crippen molar-refractivity contribution in [1.29, 1.82) is 0 Å². The summed E-state index contributed by atoms with van der Waals surface area (Å²) in [6.07, 6.45) is 1.20. The Balaban J connectivity index is 2.61. The first kappa shape index (κ1) is 16.0. The average molecular weight is 264 g/mol. The molecule has 0 aliphatic carbocycles. The van der Waals surface area contributed by atoms with E-state index in [4.69, 9.17) is 4.74 Å². The van der Waals surface area contributed by atoms with Gasteiger partial charge >= 0.3 is 0 Å². The number of benzene rings is 1. The van der Waals surface area contributed by atoms with Gasteiger partial charge in [-0.05, 0) is 26.1 Å². The Kier molecular flexibility index (Phi) is 6.89. The first-order chi connectivity index (χ1) is 9.12. The van der Waals surface area contributed by atoms with Crippen molar-refractivity contribution in [3.05, 3.63) is 29.8 Å². The summed E-state index contributed by atoms with van der Waals surface area (Å²) in [6, 6.07) is 8.76. The van der Waals surface area contributed by atoms with Crippen LogP contribution in [0, 0.1) is 5.92 Å². The Labute approximate surface area is 118 Å². The van der Waals surface area contributed by atoms with E-state index in [0.717, 1.165) is 18.8 Å². The highest BCUT2D eigenvalue weighted by Crippen LogP contribution is 2.19. The highest BCUT2D eigenvalue weighted by Gasteiger charge is 2.16. The Morgan fingerprint density at radius 2 is 2.00 bits per heavy atom. The molecule has 1 N–H and O–H groups in total. The van der Waals surface area contributed by atoms with Crippen molar-refractivity contribution in [2.75, 3.05) is 27.7 Å². The molecule has 3 heteroatoms. The second-order valence-electron chi connectivity index (χ2n) is 5.29. The molecule has 0 aliphatic heterocycles. The van der Waals surface area contributed by atoms with E-state index < -0.39 is 0 Å². The summed E-state index contributed by atoms with van der Waals surface area (Å²) in [5, 5.41) is 3.43. The number of ether oxygens (including phenoxy) is 1. The molecular formula is C16H28N2O. The van der Waals surface area contributed by atoms with E-state index >= 15 is 0 Å². The van der Waals surface area contributed by atoms with Crippen LogP contribution in [0.4, 0.5) is 0 Å². The van der Waals surface area contributed by atoms with Gasteiger partial charge in [-0.1, -0.05) is 38.5 Å². The number of likely N-dealkylation sites (N-methyl/N-ethyl adjacent to an activating group) is 2. The van der Waals surface area contributed by atoms with Gasteiger partial charge in [0.15, 0.2) is 0 Å². The second-order valence-corrected chi connectivity index (χ2v) is 5.29. The molecule has 0 saturated heterocycles. The summed E-state index contributed by atoms with van der Waals surface area (Å²) in [5.41, 5.74) is 1.24. The predicted molar refractivity (Wildman–Crippen MR) is 81.6 cm³/mol. The maximum Gasteiger partial charge on any atom is 0.123 e. The molecule has 3 nitrogen and oxygen atoms in total. The highest BCUT2D eigenvalue weighted by atomic mass is 16.5. The summed E-state index contributed by atoms with van der Waals surface area (Å²) in [7, 11) is 5.95. The first-order valence-electron chi connectivity index (χ1n) is 7.10. The van der Waals surface area contributed by atoms with Crippen molar-refractivity contribution in [3.63, 3.8) is 0 Å². The largest absolute Gasteiger partial charge is 0.496 e. The van der Waals surface area contributed by atoms with E-state index in [1.165, 1.54) is 12.0 Å². The summed E-state index contributed by atoms with van der Waals surface area (Å²) >= 11 is 0. The summed E-state index contributed by atoms with van der Waals surface area (Å²) in [6.45, 7) is 6.51. The lowest BCUT2D eigenvalue weighted by molar-refractivity contribution is 0.243. The van der Waals surface area contributed by atoms with Crippen LogP contribution in [0.25, 0.3) is 0 Å². The fraction of sp³-hybridized carbons (Fsp3) is 0.625. The molecule has 0 spiro atoms. The van der Waals surface area contributed by atoms with Gasteiger partial charge in [0.25, 0.3) is 0 Å². The highest BCUT2D eigenvalue weighted by molar-refractivity contribution is 5.33. The molecule has 0 bridgehead atoms. The van der Waals surface area contributed by atoms with Gasteiger partial charge in [-0.25, -0.2) is 0 Å². The number of rotatable bonds is 8. The summed E-state index contributed by atoms with van der Waals surface area (Å²) < 4.78 is 5.40. The molecule has 0 amide bonds. The molecular weight excluding hydrogens is 236 g/mol. The molecule has 2 unspecified atom stereocenters. The Hall–Kier alpha value is -1.06. The maximum absolute atomic E-state index is 5.40. The number of hydrogen-bond acceptors (Lipinski definition) is 3. The lowest BCUT2D eigenvalue weighted by Crippen LogP contribution is -2.41. The monoisotopic (exact) mass is 264 g/mol. The molecule has 0 aliphatic rings. The van der Waals surface area contributed by atoms with Gasteiger partial charge in [-0.3, -0.25) is 0 Å². The van der Waals surface area contributed by atoms with Crippen LogP contribution in [0.15, 0.2) is 24.3 Å². The summed E-state index contributed by atoms with van der Waals surface area (Å²) in [4.78, 5) is 2.35. The van der Waals surface area contributed by atoms with E-state index in [2.05, 4.69) is 43.2 Å². The van der Waals surface area contributed by atoms with Gasteiger partial charge in [0.2, 0.25) is 0 Å². The average Bonchev–Trinajstić information content (AvgIpc) is 2.44. The zero-order valence-electron chi connectivity index (χ0n) is 12.9. The third kappa shape index (κ3) is 4.84. The van der Waals surface area contributed by atoms with E-state index in [1.54, 1.807) is 7.11 Å². The number of methoxy groups -OCH3 is 1. The molecule has 0 fully saturated rings. The molecule has 0 radical (unpaired) electrons. The van der Waals surface area contributed by atoms with Crippen LogP contribution in [-0.2, 0) is 6.54 Å². The van der Waals surface area contributed by atoms with Crippen LogP contribution in [0.5, 0.6) is 5.75 Å². The summed E-state index contributed by atoms with van der Waals surface area (Å²) in [5.74, 6) is 1.66. The number of nitrogens with one attached hydrogen (secondary N) is 1. The SMILES string of the molecule is CCC(C)C(CN(C)Cc1ccccc1OC)NC. The smallest absolute Gasteiger partial charge is 0.123 e. The third-order valence-corrected chi connectivity index (χ3v) is 3.84. The molecule has 0 heterocycles. The molecule has 0 saturated carbocycles. The van der Waals surface area contributed by atoms with Crippen molar-refractivity contribution >= 4 is 0 Å². The van der Waals surface area contributed by atoms with Crippen LogP contribution >= 0.6 is 0 Å². The lowest BCUT2D eigenvalue weighted by atomic mass is 9.99. The van der Waals surface area contributed by atoms with Crippen LogP contribution in [0.1, 0.15) is 25.8 Å². The van der Waals surface area contributed by atoms with Crippen LogP contribution in [-0.4, -0.2) is 38.7 Å². The minimum Gasteiger partial charge on any atom is -0.496 e. The van der Waals surface area contributed by atoms with Crippen molar-refractivity contribution in [2.24, 2.45) is 5.92 Å². The Morgan fingerprint density at radius 3 is 2.58 bits per heavy atom. The van der Waals surface area contributed by atoms with Gasteiger partial charge in [-0.15, -0.1) is 0 Å². The number of nitrogens with zero attached hydrogens (tertiary/aromatic N) is 1. The minimum atomic E-state index is 0.532. The van der Waals surface area contributed by atoms with Gasteiger partial charge in [0, 0.05) is 24.7 Å². The first-order valence-corrected chi connectivity index (χ1v) is 7.10. The van der Waals surface area contributed by atoms with Crippen molar-refractivity contribution in [2.45, 2.75) is 32.9 Å². The van der Waals surface area contributed by atoms with Crippen molar-refractivity contribution in [3.8, 4) is 5.75 Å². The zero-order valence-corrected chi connectivity index (χ0v) is 12.9. The second kappa shape index (κ2) is 8.18. The minimum absolute atomic E-state index is 0.532. The van der Waals surface area contributed by atoms with Gasteiger partial charge in [-0.2, -0.15) is 0 Å². The molecule has 108 valence electrons. The number of para-hydroxylation sites is 1. The Morgan fingerprint density at radius 1 is 1.32 bits per heavy atom. The van der Waals surface area contributed by atoms with E-state index in [0.29, 0.717) is 12.0 Å². The third-order valence-electron chi connectivity index (χ3n) is 3.84. The molecule has 1 aromatic rings. The quantitative estimate of drug-likeness (QED) is 0.781. The van der Waals surface area contributed by atoms with Crippen molar-refractivity contribution in [1.82, 2.24) is 10.2 Å². The van der Waals surface area contributed by atoms with Gasteiger partial charge in [0.05, 0.1) is 7.11 Å². The lowest BCUT2D eigenvalue weighted by Gasteiger charge is -2.28. The fourth-order valence-corrected chi connectivity index (χ4v) is 2.36. The maximum atomic E-state index is 5.40. The van der Waals surface area contributed by atoms with Crippen LogP contribution in [0.2, 0.25) is 0 Å². The molecule has 19 heavy (non-hydrogen) atoms. The van der Waals surface area contributed by atoms with Crippen molar-refractivity contribution < 1.29 is 4.74 Å². The standard InChI is InChI=1S/C16H28N2O/c1-6-13(2)15(17-3)12-18(4)11-14-9-7-8-10-16(14)19-5/h7-10,13,15,17H,6,11-12H2,1-5H3. The molecule has 1 aromatic carbocycles. The predicted octanol–water partition coefficient (Wildman–Crippen LogP) is 2.76. The van der Waals surface area contributed by atoms with Gasteiger partial charge < -0.3 is 15.0 Å². The number of hydrogen-bond donors (Lipinski definition) is 1. The van der Waals surface area contributed by atoms with E-state index in [1.807, 2.05) is 19.2 Å². The Bertz CT molecular complexity index is 368. The van der Waals surface area contributed by atoms with E-state index in [-0.39, 0.29) is 0 Å². The zero-order chi connectivity index (χ0) is 14.3. The fourth-order valence-electron chi connectivity index (χ4n) is 2.36. The van der Waals surface area contributed by atoms with E-state index in [9.17, 15) is 0 Å². The van der Waals surface area contributed by atoms with Crippen LogP contribution in [0.3, 0.4) is 0 Å². The topological polar surface area (TPSA) is 24.5 Å². The van der Waals surface area contributed by atoms with Gasteiger partial charge in [0.1, 0.15) is 5.75 Å². The normalized spacial score (nSPS) is 14.4. The molecule has 1 rings (SSSR count). The molecule has 0 aromatic heterocycles. The molecule has 2 atom stereocenters.